The van der Waals surface area contributed by atoms with E-state index in [2.05, 4.69) is 31.9 Å². The number of carboxylic acid groups (broad SMARTS) is 2. The van der Waals surface area contributed by atoms with Gasteiger partial charge in [0.1, 0.15) is 60.4 Å². The summed E-state index contributed by atoms with van der Waals surface area (Å²) in [6.45, 7) is 7.51. The fourth-order valence-electron chi connectivity index (χ4n) is 11.2. The molecule has 0 bridgehead atoms. The molecule has 0 aromatic carbocycles. The lowest BCUT2D eigenvalue weighted by molar-refractivity contribution is -0.149. The number of rotatable bonds is 16. The average Bonchev–Trinajstić information content (AvgIpc) is 4.26. The Labute approximate surface area is 455 Å². The number of carbonyl (C=O) groups is 12. The average molecular weight is 1100 g/mol. The Morgan fingerprint density at radius 3 is 1.04 bits per heavy atom. The van der Waals surface area contributed by atoms with Crippen LogP contribution >= 0.6 is 0 Å². The number of hydrogen-bond donors (Lipinski definition) is 10. The standard InChI is InChI=1S/C52H84N12O14/c1-29(2)41-47(73)57-33(19-21-39(65)66)49(75)63-27-11-17-37(63)51(77)62-26-10-16-36(62)46(72)56-32(14-6-8-24-54)44(70)60-42(30(3)4)48(74)58-34(20-22-40(67)68)50(76)64-28-12-18-38(64)52(78)61-25-9-15-35(61)45(71)55-31(43(69)59-41)13-5-7-23-53/h29-38,41-42H,5-28,53-54H2,1-4H3,(H,55,71)(H,56,72)(H,57,73)(H,58,74)(H,59,69)(H,60,70)(H,65,66)(H,67,68)/t31-,32+,33+,34-,35+,36-,37-,38+,41+,42-. The van der Waals surface area contributed by atoms with Gasteiger partial charge in [-0.15, -0.1) is 0 Å². The Morgan fingerprint density at radius 2 is 0.731 bits per heavy atom. The van der Waals surface area contributed by atoms with Crippen molar-refractivity contribution < 1.29 is 67.7 Å². The van der Waals surface area contributed by atoms with Crippen molar-refractivity contribution in [2.45, 2.75) is 204 Å². The molecule has 5 fully saturated rings. The Hall–Kier alpha value is -6.44. The minimum Gasteiger partial charge on any atom is -0.481 e. The number of nitrogens with zero attached hydrogens (tertiary/aromatic N) is 4. The lowest BCUT2D eigenvalue weighted by Crippen LogP contribution is -2.61. The number of hydrogen-bond acceptors (Lipinski definition) is 14. The zero-order valence-corrected chi connectivity index (χ0v) is 45.6. The highest BCUT2D eigenvalue weighted by Gasteiger charge is 2.47. The first-order chi connectivity index (χ1) is 37.1. The molecule has 10 atom stereocenters. The summed E-state index contributed by atoms with van der Waals surface area (Å²) in [5.41, 5.74) is 11.6. The van der Waals surface area contributed by atoms with Crippen molar-refractivity contribution in [2.24, 2.45) is 23.3 Å². The van der Waals surface area contributed by atoms with E-state index in [1.54, 1.807) is 27.7 Å². The van der Waals surface area contributed by atoms with E-state index in [1.165, 1.54) is 19.6 Å². The third-order valence-corrected chi connectivity index (χ3v) is 15.5. The third kappa shape index (κ3) is 16.3. The molecule has 5 aliphatic heterocycles. The maximum absolute atomic E-state index is 14.6. The second-order valence-corrected chi connectivity index (χ2v) is 21.9. The van der Waals surface area contributed by atoms with Crippen LogP contribution < -0.4 is 43.4 Å². The van der Waals surface area contributed by atoms with Gasteiger partial charge in [0.25, 0.3) is 0 Å². The zero-order chi connectivity index (χ0) is 57.4. The maximum atomic E-state index is 14.6. The summed E-state index contributed by atoms with van der Waals surface area (Å²) in [7, 11) is 0. The van der Waals surface area contributed by atoms with Crippen molar-refractivity contribution in [2.75, 3.05) is 39.3 Å². The van der Waals surface area contributed by atoms with Crippen molar-refractivity contribution >= 4 is 71.0 Å². The van der Waals surface area contributed by atoms with Crippen LogP contribution in [0.25, 0.3) is 0 Å². The van der Waals surface area contributed by atoms with Gasteiger partial charge in [0.15, 0.2) is 0 Å². The monoisotopic (exact) mass is 1100 g/mol. The molecule has 78 heavy (non-hydrogen) atoms. The van der Waals surface area contributed by atoms with E-state index in [1.807, 2.05) is 0 Å². The Balaban J connectivity index is 1.55. The summed E-state index contributed by atoms with van der Waals surface area (Å²) in [6.07, 6.45) is 2.35. The van der Waals surface area contributed by atoms with Gasteiger partial charge in [-0.25, -0.2) is 0 Å². The van der Waals surface area contributed by atoms with Gasteiger partial charge >= 0.3 is 11.9 Å². The maximum Gasteiger partial charge on any atom is 0.303 e. The van der Waals surface area contributed by atoms with Gasteiger partial charge in [-0.2, -0.15) is 0 Å². The molecular weight excluding hydrogens is 1020 g/mol. The Kier molecular flexibility index (Phi) is 23.6. The second kappa shape index (κ2) is 29.5. The molecule has 0 aromatic rings. The molecule has 26 nitrogen and oxygen atoms in total. The fourth-order valence-corrected chi connectivity index (χ4v) is 11.2. The molecule has 5 rings (SSSR count). The molecule has 0 radical (unpaired) electrons. The normalized spacial score (nSPS) is 28.8. The number of carbonyl (C=O) groups excluding carboxylic acids is 10. The number of unbranched alkanes of at least 4 members (excludes halogenated alkanes) is 2. The molecule has 0 spiro atoms. The van der Waals surface area contributed by atoms with E-state index in [0.717, 1.165) is 0 Å². The zero-order valence-electron chi connectivity index (χ0n) is 45.6. The SMILES string of the molecule is CC(C)[C@@H]1NC(=O)[C@@H](CCCCN)NC(=O)[C@@H]2CCCN2C(=O)[C@@H]2CCCN2C(=O)[C@@H](CCC(=O)O)NC(=O)[C@@H](C(C)C)NC(=O)[C@H](CCCCN)NC(=O)[C@H]2CCCN2C(=O)[C@H]2CCCN2C(=O)[C@H](CCC(=O)O)NC1=O. The minimum atomic E-state index is -1.46. The molecule has 0 aliphatic carbocycles. The number of amides is 10. The largest absolute Gasteiger partial charge is 0.481 e. The molecule has 26 heteroatoms. The fraction of sp³-hybridized carbons (Fsp3) is 0.769. The summed E-state index contributed by atoms with van der Waals surface area (Å²) in [5.74, 6) is -10.8. The molecule has 5 aliphatic rings. The summed E-state index contributed by atoms with van der Waals surface area (Å²) < 4.78 is 0. The summed E-state index contributed by atoms with van der Waals surface area (Å²) in [4.78, 5) is 173. The number of carboxylic acids is 2. The summed E-state index contributed by atoms with van der Waals surface area (Å²) >= 11 is 0. The van der Waals surface area contributed by atoms with E-state index in [0.29, 0.717) is 51.4 Å². The van der Waals surface area contributed by atoms with Crippen LogP contribution in [0.1, 0.15) is 143 Å². The predicted molar refractivity (Wildman–Crippen MR) is 280 cm³/mol. The van der Waals surface area contributed by atoms with Gasteiger partial charge in [-0.1, -0.05) is 27.7 Å². The molecule has 10 amide bonds. The smallest absolute Gasteiger partial charge is 0.303 e. The van der Waals surface area contributed by atoms with Crippen molar-refractivity contribution in [1.29, 1.82) is 0 Å². The third-order valence-electron chi connectivity index (χ3n) is 15.5. The van der Waals surface area contributed by atoms with Gasteiger partial charge in [-0.3, -0.25) is 57.5 Å². The molecule has 0 unspecified atom stereocenters. The van der Waals surface area contributed by atoms with Gasteiger partial charge < -0.3 is 73.2 Å². The topological polar surface area (TPSA) is 382 Å². The van der Waals surface area contributed by atoms with Gasteiger partial charge in [-0.05, 0) is 128 Å². The molecule has 5 heterocycles. The molecule has 436 valence electrons. The quantitative estimate of drug-likeness (QED) is 0.0761. The molecule has 0 aromatic heterocycles. The van der Waals surface area contributed by atoms with Crippen LogP contribution in [0.2, 0.25) is 0 Å². The van der Waals surface area contributed by atoms with Gasteiger partial charge in [0, 0.05) is 39.0 Å². The Morgan fingerprint density at radius 1 is 0.423 bits per heavy atom. The number of fused-ring (bicyclic) bond motifs is 4. The van der Waals surface area contributed by atoms with E-state index in [9.17, 15) is 67.7 Å². The minimum absolute atomic E-state index is 0.0687. The molecule has 12 N–H and O–H groups in total. The summed E-state index contributed by atoms with van der Waals surface area (Å²) in [6, 6.07) is -12.4. The lowest BCUT2D eigenvalue weighted by Gasteiger charge is -2.34. The van der Waals surface area contributed by atoms with E-state index in [-0.39, 0.29) is 90.6 Å². The highest BCUT2D eigenvalue weighted by atomic mass is 16.4. The van der Waals surface area contributed by atoms with Crippen molar-refractivity contribution in [3.8, 4) is 0 Å². The summed E-state index contributed by atoms with van der Waals surface area (Å²) in [5, 5.41) is 35.8. The Bertz CT molecular complexity index is 2060. The second-order valence-electron chi connectivity index (χ2n) is 21.9. The van der Waals surface area contributed by atoms with Crippen LogP contribution in [0.5, 0.6) is 0 Å². The number of nitrogens with one attached hydrogen (secondary N) is 6. The van der Waals surface area contributed by atoms with E-state index < -0.39 is 156 Å². The van der Waals surface area contributed by atoms with Crippen LogP contribution in [-0.2, 0) is 57.5 Å². The van der Waals surface area contributed by atoms with E-state index in [4.69, 9.17) is 11.5 Å². The molecular formula is C52H84N12O14. The first kappa shape index (κ1) is 62.4. The molecule has 5 saturated heterocycles. The molecule has 0 saturated carbocycles. The van der Waals surface area contributed by atoms with Crippen LogP contribution in [0.3, 0.4) is 0 Å². The number of aliphatic carboxylic acids is 2. The van der Waals surface area contributed by atoms with Crippen molar-refractivity contribution in [3.05, 3.63) is 0 Å². The van der Waals surface area contributed by atoms with Gasteiger partial charge in [0.05, 0.1) is 0 Å². The highest BCUT2D eigenvalue weighted by molar-refractivity contribution is 6.00. The van der Waals surface area contributed by atoms with E-state index >= 15 is 0 Å². The van der Waals surface area contributed by atoms with Crippen LogP contribution in [0, 0.1) is 11.8 Å². The predicted octanol–water partition coefficient (Wildman–Crippen LogP) is -1.83. The number of nitrogens with two attached hydrogens (primary N) is 2. The van der Waals surface area contributed by atoms with Crippen LogP contribution in [0.4, 0.5) is 0 Å². The first-order valence-electron chi connectivity index (χ1n) is 28.0. The lowest BCUT2D eigenvalue weighted by atomic mass is 10.00. The highest BCUT2D eigenvalue weighted by Crippen LogP contribution is 2.29. The van der Waals surface area contributed by atoms with Gasteiger partial charge in [0.2, 0.25) is 59.1 Å². The van der Waals surface area contributed by atoms with Crippen LogP contribution in [0.15, 0.2) is 0 Å². The van der Waals surface area contributed by atoms with Crippen molar-refractivity contribution in [3.63, 3.8) is 0 Å². The first-order valence-corrected chi connectivity index (χ1v) is 28.0. The van der Waals surface area contributed by atoms with Crippen LogP contribution in [-0.4, -0.2) is 201 Å². The van der Waals surface area contributed by atoms with Crippen molar-refractivity contribution in [1.82, 2.24) is 51.5 Å².